The Morgan fingerprint density at radius 2 is 2.08 bits per heavy atom. The second kappa shape index (κ2) is 7.03. The number of hydrogen-bond donors (Lipinski definition) is 2. The van der Waals surface area contributed by atoms with Gasteiger partial charge in [-0.05, 0) is 44.2 Å². The van der Waals surface area contributed by atoms with E-state index in [1.165, 1.54) is 10.6 Å². The maximum atomic E-state index is 12.4. The third-order valence-electron chi connectivity index (χ3n) is 4.98. The van der Waals surface area contributed by atoms with Crippen LogP contribution < -0.4 is 19.7 Å². The first kappa shape index (κ1) is 17.0. The van der Waals surface area contributed by atoms with Crippen molar-refractivity contribution in [2.75, 3.05) is 26.3 Å². The Balaban J connectivity index is 1.66. The van der Waals surface area contributed by atoms with Crippen LogP contribution in [0.25, 0.3) is 0 Å². The summed E-state index contributed by atoms with van der Waals surface area (Å²) in [5.74, 6) is 1.69. The lowest BCUT2D eigenvalue weighted by Crippen LogP contribution is -3.14. The summed E-state index contributed by atoms with van der Waals surface area (Å²) in [4.78, 5) is 13.7. The highest BCUT2D eigenvalue weighted by Gasteiger charge is 2.34. The molecule has 6 nitrogen and oxygen atoms in total. The molecule has 0 saturated carbocycles. The van der Waals surface area contributed by atoms with E-state index in [4.69, 9.17) is 9.47 Å². The zero-order valence-corrected chi connectivity index (χ0v) is 15.3. The van der Waals surface area contributed by atoms with Gasteiger partial charge in [-0.3, -0.25) is 4.79 Å². The average molecular weight is 356 g/mol. The minimum absolute atomic E-state index is 0.0950. The summed E-state index contributed by atoms with van der Waals surface area (Å²) in [6.45, 7) is 7.44. The number of nitrogens with zero attached hydrogens (tertiary/aromatic N) is 1. The summed E-state index contributed by atoms with van der Waals surface area (Å²) >= 11 is 0. The molecule has 0 fully saturated rings. The van der Waals surface area contributed by atoms with Crippen LogP contribution in [0.1, 0.15) is 31.1 Å². The number of fused-ring (bicyclic) bond motifs is 2. The van der Waals surface area contributed by atoms with Crippen molar-refractivity contribution in [2.24, 2.45) is 0 Å². The number of carbonyl (C=O) groups is 1. The van der Waals surface area contributed by atoms with Crippen molar-refractivity contribution in [3.63, 3.8) is 0 Å². The van der Waals surface area contributed by atoms with Crippen LogP contribution in [-0.2, 0) is 11.3 Å². The van der Waals surface area contributed by atoms with Crippen LogP contribution in [0.15, 0.2) is 36.5 Å². The van der Waals surface area contributed by atoms with E-state index in [0.717, 1.165) is 30.2 Å². The van der Waals surface area contributed by atoms with Gasteiger partial charge in [0.25, 0.3) is 5.91 Å². The summed E-state index contributed by atoms with van der Waals surface area (Å²) in [6.07, 6.45) is 2.12. The molecule has 0 spiro atoms. The van der Waals surface area contributed by atoms with Gasteiger partial charge < -0.3 is 24.3 Å². The van der Waals surface area contributed by atoms with Crippen molar-refractivity contribution in [1.82, 2.24) is 9.88 Å². The summed E-state index contributed by atoms with van der Waals surface area (Å²) in [7, 11) is 0. The minimum atomic E-state index is 0.0950. The van der Waals surface area contributed by atoms with Crippen LogP contribution in [0, 0.1) is 0 Å². The molecule has 1 unspecified atom stereocenters. The van der Waals surface area contributed by atoms with Crippen LogP contribution in [0.3, 0.4) is 0 Å². The zero-order valence-electron chi connectivity index (χ0n) is 15.3. The van der Waals surface area contributed by atoms with Crippen molar-refractivity contribution >= 4 is 5.91 Å². The van der Waals surface area contributed by atoms with Gasteiger partial charge in [-0.25, -0.2) is 0 Å². The number of carbonyl (C=O) groups excluding carboxylic acids is 1. The standard InChI is InChI=1S/C20H25N3O3/c1-14(2)21-19(24)13-23-9-8-22-7-3-4-16(22)20(23)15-5-6-17-18(12-15)26-11-10-25-17/h3-7,12,14,20H,8-11,13H2,1-2H3,(H,21,24)/p+1/t20-/m0/s1. The van der Waals surface area contributed by atoms with Crippen LogP contribution >= 0.6 is 0 Å². The Morgan fingerprint density at radius 1 is 1.27 bits per heavy atom. The number of rotatable bonds is 4. The quantitative estimate of drug-likeness (QED) is 0.851. The molecular formula is C20H26N3O3+. The fourth-order valence-electron chi connectivity index (χ4n) is 3.93. The van der Waals surface area contributed by atoms with E-state index < -0.39 is 0 Å². The Bertz CT molecular complexity index is 799. The monoisotopic (exact) mass is 356 g/mol. The maximum absolute atomic E-state index is 12.4. The smallest absolute Gasteiger partial charge is 0.275 e. The van der Waals surface area contributed by atoms with Crippen molar-refractivity contribution < 1.29 is 19.2 Å². The molecule has 0 bridgehead atoms. The van der Waals surface area contributed by atoms with Crippen molar-refractivity contribution in [3.8, 4) is 11.5 Å². The molecule has 26 heavy (non-hydrogen) atoms. The van der Waals surface area contributed by atoms with E-state index in [0.29, 0.717) is 19.8 Å². The van der Waals surface area contributed by atoms with Gasteiger partial charge >= 0.3 is 0 Å². The van der Waals surface area contributed by atoms with Gasteiger partial charge in [-0.1, -0.05) is 0 Å². The number of hydrogen-bond acceptors (Lipinski definition) is 3. The highest BCUT2D eigenvalue weighted by molar-refractivity contribution is 5.77. The number of quaternary nitrogens is 1. The molecule has 2 aliphatic rings. The van der Waals surface area contributed by atoms with Gasteiger partial charge in [0, 0.05) is 17.8 Å². The number of amides is 1. The van der Waals surface area contributed by atoms with Crippen LogP contribution in [0.2, 0.25) is 0 Å². The zero-order chi connectivity index (χ0) is 18.1. The van der Waals surface area contributed by atoms with Gasteiger partial charge in [0.05, 0.1) is 18.8 Å². The molecular weight excluding hydrogens is 330 g/mol. The lowest BCUT2D eigenvalue weighted by Gasteiger charge is -2.34. The minimum Gasteiger partial charge on any atom is -0.486 e. The van der Waals surface area contributed by atoms with Gasteiger partial charge in [0.1, 0.15) is 13.2 Å². The fourth-order valence-corrected chi connectivity index (χ4v) is 3.93. The fraction of sp³-hybridized carbons (Fsp3) is 0.450. The third-order valence-corrected chi connectivity index (χ3v) is 4.98. The van der Waals surface area contributed by atoms with E-state index in [1.807, 2.05) is 19.9 Å². The van der Waals surface area contributed by atoms with E-state index in [-0.39, 0.29) is 18.0 Å². The number of benzene rings is 1. The molecule has 138 valence electrons. The first-order valence-corrected chi connectivity index (χ1v) is 9.30. The molecule has 2 aromatic rings. The van der Waals surface area contributed by atoms with Crippen LogP contribution in [0.4, 0.5) is 0 Å². The molecule has 1 aromatic heterocycles. The second-order valence-corrected chi connectivity index (χ2v) is 7.27. The number of nitrogens with one attached hydrogen (secondary N) is 2. The maximum Gasteiger partial charge on any atom is 0.275 e. The van der Waals surface area contributed by atoms with Crippen molar-refractivity contribution in [1.29, 1.82) is 0 Å². The Labute approximate surface area is 153 Å². The number of aromatic nitrogens is 1. The summed E-state index contributed by atoms with van der Waals surface area (Å²) in [5, 5.41) is 3.02. The molecule has 0 aliphatic carbocycles. The van der Waals surface area contributed by atoms with E-state index in [2.05, 4.69) is 40.3 Å². The molecule has 2 aliphatic heterocycles. The molecule has 1 amide bonds. The van der Waals surface area contributed by atoms with Crippen molar-refractivity contribution in [2.45, 2.75) is 32.5 Å². The molecule has 6 heteroatoms. The predicted molar refractivity (Wildman–Crippen MR) is 97.7 cm³/mol. The Morgan fingerprint density at radius 3 is 2.88 bits per heavy atom. The molecule has 4 rings (SSSR count). The van der Waals surface area contributed by atoms with Gasteiger partial charge in [0.15, 0.2) is 24.1 Å². The molecule has 0 saturated heterocycles. The summed E-state index contributed by atoms with van der Waals surface area (Å²) in [6, 6.07) is 10.6. The van der Waals surface area contributed by atoms with Gasteiger partial charge in [-0.2, -0.15) is 0 Å². The van der Waals surface area contributed by atoms with E-state index in [1.54, 1.807) is 0 Å². The largest absolute Gasteiger partial charge is 0.486 e. The van der Waals surface area contributed by atoms with E-state index in [9.17, 15) is 4.79 Å². The van der Waals surface area contributed by atoms with E-state index >= 15 is 0 Å². The summed E-state index contributed by atoms with van der Waals surface area (Å²) < 4.78 is 13.7. The van der Waals surface area contributed by atoms with Crippen LogP contribution in [0.5, 0.6) is 11.5 Å². The molecule has 2 N–H and O–H groups in total. The lowest BCUT2D eigenvalue weighted by atomic mass is 9.99. The normalized spacial score (nSPS) is 21.3. The molecule has 0 radical (unpaired) electrons. The second-order valence-electron chi connectivity index (χ2n) is 7.27. The molecule has 1 aromatic carbocycles. The van der Waals surface area contributed by atoms with Gasteiger partial charge in [-0.15, -0.1) is 0 Å². The highest BCUT2D eigenvalue weighted by Crippen LogP contribution is 2.34. The topological polar surface area (TPSA) is 56.9 Å². The Kier molecular flexibility index (Phi) is 4.59. The predicted octanol–water partition coefficient (Wildman–Crippen LogP) is 0.772. The first-order valence-electron chi connectivity index (χ1n) is 9.30. The van der Waals surface area contributed by atoms with Crippen LogP contribution in [-0.4, -0.2) is 42.8 Å². The van der Waals surface area contributed by atoms with Crippen molar-refractivity contribution in [3.05, 3.63) is 47.8 Å². The third kappa shape index (κ3) is 3.29. The lowest BCUT2D eigenvalue weighted by molar-refractivity contribution is -0.922. The molecule has 2 atom stereocenters. The van der Waals surface area contributed by atoms with Gasteiger partial charge in [0.2, 0.25) is 0 Å². The average Bonchev–Trinajstić information content (AvgIpc) is 3.09. The summed E-state index contributed by atoms with van der Waals surface area (Å²) in [5.41, 5.74) is 2.39. The Hall–Kier alpha value is -2.47. The SMILES string of the molecule is CC(C)NC(=O)C[NH+]1CCn2cccc2[C@@H]1c1ccc2c(c1)OCCO2. The molecule has 3 heterocycles. The number of ether oxygens (including phenoxy) is 2. The highest BCUT2D eigenvalue weighted by atomic mass is 16.6. The first-order chi connectivity index (χ1) is 12.6.